The van der Waals surface area contributed by atoms with Crippen LogP contribution in [0.4, 0.5) is 5.69 Å². The summed E-state index contributed by atoms with van der Waals surface area (Å²) in [5, 5.41) is 3.42. The maximum Gasteiger partial charge on any atom is 0.127 e. The van der Waals surface area contributed by atoms with Crippen LogP contribution in [-0.2, 0) is 13.1 Å². The van der Waals surface area contributed by atoms with Crippen LogP contribution in [0.15, 0.2) is 41.0 Å². The molecular weight excluding hydrogens is 248 g/mol. The Morgan fingerprint density at radius 1 is 1.20 bits per heavy atom. The normalized spacial score (nSPS) is 10.8. The smallest absolute Gasteiger partial charge is 0.127 e. The van der Waals surface area contributed by atoms with E-state index in [0.717, 1.165) is 31.8 Å². The van der Waals surface area contributed by atoms with Gasteiger partial charge >= 0.3 is 0 Å². The number of nitrogens with one attached hydrogen (secondary N) is 1. The molecule has 3 heteroatoms. The minimum atomic E-state index is 0.793. The molecule has 2 rings (SSSR count). The number of hydrogen-bond donors (Lipinski definition) is 1. The first-order chi connectivity index (χ1) is 9.72. The SMILES string of the molecule is CCCNCc1ccoc1CN(C)c1ccccc1C. The fraction of sp³-hybridized carbons (Fsp3) is 0.412. The maximum absolute atomic E-state index is 5.65. The lowest BCUT2D eigenvalue weighted by Gasteiger charge is -2.20. The summed E-state index contributed by atoms with van der Waals surface area (Å²) in [6, 6.07) is 10.5. The Bertz CT molecular complexity index is 533. The minimum Gasteiger partial charge on any atom is -0.467 e. The summed E-state index contributed by atoms with van der Waals surface area (Å²) in [5.74, 6) is 1.04. The first kappa shape index (κ1) is 14.7. The van der Waals surface area contributed by atoms with Crippen LogP contribution in [0.25, 0.3) is 0 Å². The highest BCUT2D eigenvalue weighted by atomic mass is 16.3. The van der Waals surface area contributed by atoms with E-state index in [1.54, 1.807) is 6.26 Å². The summed E-state index contributed by atoms with van der Waals surface area (Å²) < 4.78 is 5.65. The Morgan fingerprint density at radius 3 is 2.75 bits per heavy atom. The van der Waals surface area contributed by atoms with Gasteiger partial charge in [-0.1, -0.05) is 25.1 Å². The second-order valence-corrected chi connectivity index (χ2v) is 5.19. The predicted octanol–water partition coefficient (Wildman–Crippen LogP) is 3.72. The Hall–Kier alpha value is -1.74. The molecule has 0 radical (unpaired) electrons. The van der Waals surface area contributed by atoms with Crippen molar-refractivity contribution in [3.05, 3.63) is 53.5 Å². The standard InChI is InChI=1S/C17H24N2O/c1-4-10-18-12-15-9-11-20-17(15)13-19(3)16-8-6-5-7-14(16)2/h5-9,11,18H,4,10,12-13H2,1-3H3. The molecule has 0 spiro atoms. The molecule has 1 aromatic heterocycles. The molecule has 0 saturated carbocycles. The van der Waals surface area contributed by atoms with E-state index in [0.29, 0.717) is 0 Å². The van der Waals surface area contributed by atoms with Gasteiger partial charge in [0, 0.05) is 24.8 Å². The largest absolute Gasteiger partial charge is 0.467 e. The molecule has 0 fully saturated rings. The molecular formula is C17H24N2O. The van der Waals surface area contributed by atoms with E-state index < -0.39 is 0 Å². The minimum absolute atomic E-state index is 0.793. The Labute approximate surface area is 121 Å². The summed E-state index contributed by atoms with van der Waals surface area (Å²) in [5.41, 5.74) is 3.78. The fourth-order valence-electron chi connectivity index (χ4n) is 2.36. The Kier molecular flexibility index (Phi) is 5.24. The number of hydrogen-bond acceptors (Lipinski definition) is 3. The third-order valence-electron chi connectivity index (χ3n) is 3.49. The molecule has 0 bridgehead atoms. The molecule has 0 amide bonds. The summed E-state index contributed by atoms with van der Waals surface area (Å²) >= 11 is 0. The quantitative estimate of drug-likeness (QED) is 0.779. The van der Waals surface area contributed by atoms with E-state index >= 15 is 0 Å². The van der Waals surface area contributed by atoms with Crippen LogP contribution < -0.4 is 10.2 Å². The molecule has 0 aliphatic rings. The number of para-hydroxylation sites is 1. The molecule has 2 aromatic rings. The van der Waals surface area contributed by atoms with Crippen molar-refractivity contribution in [3.8, 4) is 0 Å². The lowest BCUT2D eigenvalue weighted by Crippen LogP contribution is -2.19. The molecule has 1 N–H and O–H groups in total. The molecule has 3 nitrogen and oxygen atoms in total. The Balaban J connectivity index is 2.03. The topological polar surface area (TPSA) is 28.4 Å². The average Bonchev–Trinajstić information content (AvgIpc) is 2.87. The second-order valence-electron chi connectivity index (χ2n) is 5.19. The second kappa shape index (κ2) is 7.15. The molecule has 0 atom stereocenters. The van der Waals surface area contributed by atoms with Crippen molar-refractivity contribution in [1.29, 1.82) is 0 Å². The van der Waals surface area contributed by atoms with E-state index in [2.05, 4.69) is 61.4 Å². The Morgan fingerprint density at radius 2 is 2.00 bits per heavy atom. The molecule has 0 aliphatic carbocycles. The van der Waals surface area contributed by atoms with Crippen molar-refractivity contribution >= 4 is 5.69 Å². The first-order valence-electron chi connectivity index (χ1n) is 7.25. The molecule has 0 aliphatic heterocycles. The van der Waals surface area contributed by atoms with Gasteiger partial charge in [-0.05, 0) is 37.6 Å². The van der Waals surface area contributed by atoms with E-state index in [1.165, 1.54) is 16.8 Å². The van der Waals surface area contributed by atoms with Gasteiger partial charge in [0.25, 0.3) is 0 Å². The number of nitrogens with zero attached hydrogens (tertiary/aromatic N) is 1. The van der Waals surface area contributed by atoms with Crippen molar-refractivity contribution < 1.29 is 4.42 Å². The highest BCUT2D eigenvalue weighted by molar-refractivity contribution is 5.52. The lowest BCUT2D eigenvalue weighted by atomic mass is 10.1. The number of benzene rings is 1. The van der Waals surface area contributed by atoms with E-state index in [9.17, 15) is 0 Å². The van der Waals surface area contributed by atoms with E-state index in [1.807, 2.05) is 0 Å². The third kappa shape index (κ3) is 3.64. The maximum atomic E-state index is 5.65. The van der Waals surface area contributed by atoms with Gasteiger partial charge in [-0.25, -0.2) is 0 Å². The zero-order valence-electron chi connectivity index (χ0n) is 12.6. The zero-order valence-corrected chi connectivity index (χ0v) is 12.6. The highest BCUT2D eigenvalue weighted by Gasteiger charge is 2.10. The van der Waals surface area contributed by atoms with Gasteiger partial charge in [0.2, 0.25) is 0 Å². The highest BCUT2D eigenvalue weighted by Crippen LogP contribution is 2.21. The predicted molar refractivity (Wildman–Crippen MR) is 84.0 cm³/mol. The van der Waals surface area contributed by atoms with Crippen LogP contribution >= 0.6 is 0 Å². The summed E-state index contributed by atoms with van der Waals surface area (Å²) in [4.78, 5) is 2.23. The molecule has 1 aromatic carbocycles. The number of furan rings is 1. The third-order valence-corrected chi connectivity index (χ3v) is 3.49. The van der Waals surface area contributed by atoms with Gasteiger partial charge in [0.15, 0.2) is 0 Å². The lowest BCUT2D eigenvalue weighted by molar-refractivity contribution is 0.499. The van der Waals surface area contributed by atoms with E-state index in [4.69, 9.17) is 4.42 Å². The average molecular weight is 272 g/mol. The van der Waals surface area contributed by atoms with Crippen molar-refractivity contribution in [1.82, 2.24) is 5.32 Å². The number of rotatable bonds is 7. The van der Waals surface area contributed by atoms with Crippen molar-refractivity contribution in [2.75, 3.05) is 18.5 Å². The molecule has 0 saturated heterocycles. The number of aryl methyl sites for hydroxylation is 1. The zero-order chi connectivity index (χ0) is 14.4. The van der Waals surface area contributed by atoms with Crippen LogP contribution in [0.5, 0.6) is 0 Å². The number of anilines is 1. The van der Waals surface area contributed by atoms with Crippen LogP contribution in [-0.4, -0.2) is 13.6 Å². The van der Waals surface area contributed by atoms with Gasteiger partial charge in [0.1, 0.15) is 5.76 Å². The van der Waals surface area contributed by atoms with Crippen molar-refractivity contribution in [3.63, 3.8) is 0 Å². The van der Waals surface area contributed by atoms with Crippen LogP contribution in [0.3, 0.4) is 0 Å². The van der Waals surface area contributed by atoms with Crippen LogP contribution in [0.1, 0.15) is 30.2 Å². The van der Waals surface area contributed by atoms with Crippen LogP contribution in [0.2, 0.25) is 0 Å². The van der Waals surface area contributed by atoms with Gasteiger partial charge in [-0.15, -0.1) is 0 Å². The molecule has 108 valence electrons. The van der Waals surface area contributed by atoms with Crippen molar-refractivity contribution in [2.24, 2.45) is 0 Å². The summed E-state index contributed by atoms with van der Waals surface area (Å²) in [7, 11) is 2.11. The van der Waals surface area contributed by atoms with E-state index in [-0.39, 0.29) is 0 Å². The fourth-order valence-corrected chi connectivity index (χ4v) is 2.36. The summed E-state index contributed by atoms with van der Waals surface area (Å²) in [6.07, 6.45) is 2.93. The monoisotopic (exact) mass is 272 g/mol. The first-order valence-corrected chi connectivity index (χ1v) is 7.25. The van der Waals surface area contributed by atoms with Gasteiger partial charge < -0.3 is 14.6 Å². The van der Waals surface area contributed by atoms with Gasteiger partial charge in [0.05, 0.1) is 12.8 Å². The summed E-state index contributed by atoms with van der Waals surface area (Å²) in [6.45, 7) is 7.02. The van der Waals surface area contributed by atoms with Crippen LogP contribution in [0, 0.1) is 6.92 Å². The molecule has 0 unspecified atom stereocenters. The molecule has 1 heterocycles. The van der Waals surface area contributed by atoms with Crippen molar-refractivity contribution in [2.45, 2.75) is 33.4 Å². The van der Waals surface area contributed by atoms with Gasteiger partial charge in [-0.3, -0.25) is 0 Å². The van der Waals surface area contributed by atoms with Gasteiger partial charge in [-0.2, -0.15) is 0 Å². The molecule has 20 heavy (non-hydrogen) atoms.